The van der Waals surface area contributed by atoms with Crippen molar-refractivity contribution in [1.82, 2.24) is 15.2 Å². The minimum atomic E-state index is -2.69. The number of amides is 2. The maximum atomic E-state index is 14.6. The molecule has 3 fully saturated rings. The molecule has 7 nitrogen and oxygen atoms in total. The van der Waals surface area contributed by atoms with Crippen LogP contribution in [0.2, 0.25) is 0 Å². The smallest absolute Gasteiger partial charge is 0.263 e. The highest BCUT2D eigenvalue weighted by Crippen LogP contribution is 2.42. The van der Waals surface area contributed by atoms with Gasteiger partial charge in [-0.2, -0.15) is 0 Å². The molecular formula is C19H26BF2N5O2S. The van der Waals surface area contributed by atoms with E-state index in [0.29, 0.717) is 30.9 Å². The molecule has 0 spiro atoms. The first-order chi connectivity index (χ1) is 14.4. The number of piperidine rings is 3. The van der Waals surface area contributed by atoms with Gasteiger partial charge in [-0.05, 0) is 44.6 Å². The predicted octanol–water partition coefficient (Wildman–Crippen LogP) is 1.66. The van der Waals surface area contributed by atoms with E-state index in [1.165, 1.54) is 11.3 Å². The third-order valence-electron chi connectivity index (χ3n) is 6.44. The second-order valence-corrected chi connectivity index (χ2v) is 9.38. The van der Waals surface area contributed by atoms with Crippen molar-refractivity contribution in [1.29, 1.82) is 0 Å². The Bertz CT molecular complexity index is 787. The van der Waals surface area contributed by atoms with Crippen molar-refractivity contribution in [2.45, 2.75) is 44.1 Å². The second kappa shape index (κ2) is 8.78. The first-order valence-electron chi connectivity index (χ1n) is 10.5. The van der Waals surface area contributed by atoms with Gasteiger partial charge in [0.2, 0.25) is 11.8 Å². The lowest BCUT2D eigenvalue weighted by Crippen LogP contribution is -2.52. The van der Waals surface area contributed by atoms with Crippen molar-refractivity contribution in [2.24, 2.45) is 11.8 Å². The topological polar surface area (TPSA) is 77.6 Å². The molecule has 4 heterocycles. The number of hydrogen-bond acceptors (Lipinski definition) is 7. The third kappa shape index (κ3) is 4.61. The van der Waals surface area contributed by atoms with Crippen molar-refractivity contribution in [3.63, 3.8) is 0 Å². The zero-order chi connectivity index (χ0) is 21.3. The lowest BCUT2D eigenvalue weighted by Gasteiger charge is -2.44. The summed E-state index contributed by atoms with van der Waals surface area (Å²) in [5, 5.41) is 7.01. The Morgan fingerprint density at radius 1 is 1.23 bits per heavy atom. The van der Waals surface area contributed by atoms with Gasteiger partial charge in [-0.3, -0.25) is 14.9 Å². The van der Waals surface area contributed by atoms with E-state index in [1.54, 1.807) is 11.1 Å². The van der Waals surface area contributed by atoms with Gasteiger partial charge >= 0.3 is 0 Å². The Balaban J connectivity index is 1.31. The first kappa shape index (κ1) is 21.5. The Hall–Kier alpha value is -1.75. The van der Waals surface area contributed by atoms with Crippen LogP contribution in [0.3, 0.4) is 0 Å². The molecule has 2 N–H and O–H groups in total. The zero-order valence-corrected chi connectivity index (χ0v) is 17.6. The van der Waals surface area contributed by atoms with Crippen LogP contribution in [0.15, 0.2) is 6.20 Å². The van der Waals surface area contributed by atoms with Crippen LogP contribution in [0.1, 0.15) is 32.1 Å². The predicted molar refractivity (Wildman–Crippen MR) is 112 cm³/mol. The Morgan fingerprint density at radius 2 is 2.00 bits per heavy atom. The van der Waals surface area contributed by atoms with Gasteiger partial charge in [0.1, 0.15) is 11.0 Å². The molecule has 3 aliphatic rings. The van der Waals surface area contributed by atoms with E-state index in [4.69, 9.17) is 7.85 Å². The van der Waals surface area contributed by atoms with Crippen LogP contribution in [0.25, 0.3) is 0 Å². The molecule has 1 aromatic heterocycles. The van der Waals surface area contributed by atoms with Gasteiger partial charge in [-0.1, -0.05) is 11.3 Å². The van der Waals surface area contributed by atoms with Gasteiger partial charge in [-0.15, -0.1) is 0 Å². The normalized spacial score (nSPS) is 28.4. The molecule has 162 valence electrons. The third-order valence-corrected chi connectivity index (χ3v) is 7.43. The van der Waals surface area contributed by atoms with Crippen molar-refractivity contribution in [2.75, 3.05) is 42.8 Å². The Kier molecular flexibility index (Phi) is 6.29. The molecule has 3 saturated heterocycles. The summed E-state index contributed by atoms with van der Waals surface area (Å²) in [6, 6.07) is -0.464. The highest BCUT2D eigenvalue weighted by Gasteiger charge is 2.48. The van der Waals surface area contributed by atoms with Crippen LogP contribution in [0, 0.1) is 11.8 Å². The van der Waals surface area contributed by atoms with Crippen molar-refractivity contribution < 1.29 is 18.4 Å². The number of likely N-dealkylation sites (tertiary alicyclic amines) is 1. The first-order valence-corrected chi connectivity index (χ1v) is 11.3. The van der Waals surface area contributed by atoms with Gasteiger partial charge in [-0.25, -0.2) is 13.8 Å². The molecule has 2 radical (unpaired) electrons. The average Bonchev–Trinajstić information content (AvgIpc) is 3.18. The highest BCUT2D eigenvalue weighted by atomic mass is 32.1. The lowest BCUT2D eigenvalue weighted by atomic mass is 9.76. The zero-order valence-electron chi connectivity index (χ0n) is 16.8. The lowest BCUT2D eigenvalue weighted by molar-refractivity contribution is -0.133. The van der Waals surface area contributed by atoms with Gasteiger partial charge < -0.3 is 15.1 Å². The van der Waals surface area contributed by atoms with Crippen LogP contribution in [-0.4, -0.2) is 74.1 Å². The summed E-state index contributed by atoms with van der Waals surface area (Å²) in [6.07, 6.45) is 4.66. The maximum absolute atomic E-state index is 14.6. The van der Waals surface area contributed by atoms with Crippen LogP contribution in [-0.2, 0) is 9.59 Å². The Morgan fingerprint density at radius 3 is 2.67 bits per heavy atom. The van der Waals surface area contributed by atoms with Crippen LogP contribution >= 0.6 is 11.3 Å². The number of thiazole rings is 1. The van der Waals surface area contributed by atoms with Crippen molar-refractivity contribution >= 4 is 41.1 Å². The number of nitrogens with zero attached hydrogens (tertiary/aromatic N) is 3. The summed E-state index contributed by atoms with van der Waals surface area (Å²) in [6.45, 7) is 1.84. The summed E-state index contributed by atoms with van der Waals surface area (Å²) >= 11 is 1.45. The van der Waals surface area contributed by atoms with Crippen molar-refractivity contribution in [3.8, 4) is 0 Å². The molecule has 0 bridgehead atoms. The van der Waals surface area contributed by atoms with Gasteiger partial charge in [0.05, 0.1) is 20.6 Å². The molecule has 0 aliphatic carbocycles. The number of nitrogens with one attached hydrogen (secondary N) is 2. The van der Waals surface area contributed by atoms with E-state index < -0.39 is 17.9 Å². The fraction of sp³-hybridized carbons (Fsp3) is 0.737. The van der Waals surface area contributed by atoms with Crippen molar-refractivity contribution in [3.05, 3.63) is 6.20 Å². The van der Waals surface area contributed by atoms with E-state index >= 15 is 0 Å². The molecule has 2 amide bonds. The summed E-state index contributed by atoms with van der Waals surface area (Å²) in [5.41, 5.74) is 0. The molecule has 2 unspecified atom stereocenters. The summed E-state index contributed by atoms with van der Waals surface area (Å²) in [5.74, 6) is -3.82. The van der Waals surface area contributed by atoms with E-state index in [-0.39, 0.29) is 30.7 Å². The average molecular weight is 437 g/mol. The number of halogens is 2. The summed E-state index contributed by atoms with van der Waals surface area (Å²) < 4.78 is 29.2. The number of hydrogen-bond donors (Lipinski definition) is 2. The molecular weight excluding hydrogens is 411 g/mol. The van der Waals surface area contributed by atoms with Gasteiger partial charge in [0, 0.05) is 25.4 Å². The molecule has 2 atom stereocenters. The van der Waals surface area contributed by atoms with E-state index in [9.17, 15) is 18.4 Å². The van der Waals surface area contributed by atoms with E-state index in [1.807, 2.05) is 0 Å². The fourth-order valence-electron chi connectivity index (χ4n) is 4.74. The number of alkyl halides is 2. The number of rotatable bonds is 5. The van der Waals surface area contributed by atoms with Crippen LogP contribution in [0.5, 0.6) is 0 Å². The minimum absolute atomic E-state index is 0.0187. The quantitative estimate of drug-likeness (QED) is 0.539. The SMILES string of the molecule is [B]CN1CCC(C2CCN(c3cnc(NC4CCC(=O)NC4=O)s3)CC2)C(F)(F)C1. The second-order valence-electron chi connectivity index (χ2n) is 8.37. The fourth-order valence-corrected chi connectivity index (χ4v) is 5.67. The van der Waals surface area contributed by atoms with E-state index in [0.717, 1.165) is 30.9 Å². The molecule has 1 aromatic rings. The standard InChI is InChI=1S/C19H26BF2N5O2S/c20-11-26-6-5-13(19(21,22)10-26)12-3-7-27(8-4-12)16-9-23-18(30-16)24-14-1-2-15(28)25-17(14)29/h9,12-14H,1-8,10-11H2,(H,23,24)(H,25,28,29). The van der Waals surface area contributed by atoms with Crippen LogP contribution < -0.4 is 15.5 Å². The summed E-state index contributed by atoms with van der Waals surface area (Å²) in [7, 11) is 5.54. The molecule has 0 saturated carbocycles. The number of aromatic nitrogens is 1. The molecule has 11 heteroatoms. The largest absolute Gasteiger partial charge is 0.362 e. The minimum Gasteiger partial charge on any atom is -0.362 e. The number of carbonyl (C=O) groups excluding carboxylic acids is 2. The van der Waals surface area contributed by atoms with Gasteiger partial charge in [0.15, 0.2) is 5.13 Å². The van der Waals surface area contributed by atoms with E-state index in [2.05, 4.69) is 20.5 Å². The molecule has 0 aromatic carbocycles. The Labute approximate surface area is 180 Å². The summed E-state index contributed by atoms with van der Waals surface area (Å²) in [4.78, 5) is 31.3. The maximum Gasteiger partial charge on any atom is 0.263 e. The number of anilines is 2. The van der Waals surface area contributed by atoms with Crippen LogP contribution in [0.4, 0.5) is 18.9 Å². The highest BCUT2D eigenvalue weighted by molar-refractivity contribution is 7.19. The number of carbonyl (C=O) groups is 2. The molecule has 30 heavy (non-hydrogen) atoms. The monoisotopic (exact) mass is 437 g/mol. The number of imide groups is 1. The van der Waals surface area contributed by atoms with Gasteiger partial charge in [0.25, 0.3) is 5.92 Å². The molecule has 4 rings (SSSR count). The molecule has 3 aliphatic heterocycles.